The van der Waals surface area contributed by atoms with E-state index in [0.29, 0.717) is 25.7 Å². The van der Waals surface area contributed by atoms with E-state index in [1.807, 2.05) is 35.2 Å². The lowest BCUT2D eigenvalue weighted by molar-refractivity contribution is -0.148. The normalized spacial score (nSPS) is 19.6. The summed E-state index contributed by atoms with van der Waals surface area (Å²) in [4.78, 5) is 19.4. The zero-order chi connectivity index (χ0) is 17.8. The molecule has 2 aliphatic rings. The fraction of sp³-hybridized carbons (Fsp3) is 0.429. The maximum atomic E-state index is 13.3. The number of hydrogen-bond donors (Lipinski definition) is 0. The third kappa shape index (κ3) is 3.31. The molecule has 2 aromatic rings. The van der Waals surface area contributed by atoms with Crippen LogP contribution in [0, 0.1) is 5.92 Å². The number of rotatable bonds is 5. The molecule has 0 N–H and O–H groups in total. The molecule has 2 saturated heterocycles. The van der Waals surface area contributed by atoms with Crippen LogP contribution in [0.15, 0.2) is 54.9 Å². The highest BCUT2D eigenvalue weighted by Gasteiger charge is 2.46. The summed E-state index contributed by atoms with van der Waals surface area (Å²) in [6, 6.07) is 13.9. The van der Waals surface area contributed by atoms with Gasteiger partial charge in [0.1, 0.15) is 5.75 Å². The second-order valence-corrected chi connectivity index (χ2v) is 7.14. The SMILES string of the molecule is O=C(N1CC(COc2cccnc2)C1)C1(c2ccccc2)CCOCC1. The van der Waals surface area contributed by atoms with Crippen molar-refractivity contribution < 1.29 is 14.3 Å². The van der Waals surface area contributed by atoms with E-state index >= 15 is 0 Å². The van der Waals surface area contributed by atoms with E-state index in [0.717, 1.165) is 37.2 Å². The number of hydrogen-bond acceptors (Lipinski definition) is 4. The number of amides is 1. The Labute approximate surface area is 153 Å². The van der Waals surface area contributed by atoms with Crippen LogP contribution in [-0.2, 0) is 14.9 Å². The average molecular weight is 352 g/mol. The standard InChI is InChI=1S/C21H24N2O3/c24-20(21(8-11-25-12-9-21)18-5-2-1-3-6-18)23-14-17(15-23)16-26-19-7-4-10-22-13-19/h1-7,10,13,17H,8-9,11-12,14-16H2. The molecule has 0 spiro atoms. The van der Waals surface area contributed by atoms with Gasteiger partial charge in [0.05, 0.1) is 18.2 Å². The Morgan fingerprint density at radius 2 is 1.92 bits per heavy atom. The van der Waals surface area contributed by atoms with Crippen LogP contribution in [-0.4, -0.2) is 48.7 Å². The minimum Gasteiger partial charge on any atom is -0.492 e. The van der Waals surface area contributed by atoms with E-state index < -0.39 is 5.41 Å². The van der Waals surface area contributed by atoms with Gasteiger partial charge < -0.3 is 14.4 Å². The summed E-state index contributed by atoms with van der Waals surface area (Å²) in [6.07, 6.45) is 4.95. The molecule has 1 amide bonds. The van der Waals surface area contributed by atoms with Crippen molar-refractivity contribution in [1.82, 2.24) is 9.88 Å². The smallest absolute Gasteiger partial charge is 0.233 e. The summed E-state index contributed by atoms with van der Waals surface area (Å²) in [5.41, 5.74) is 0.678. The van der Waals surface area contributed by atoms with Gasteiger partial charge in [-0.25, -0.2) is 0 Å². The number of ether oxygens (including phenoxy) is 2. The molecular formula is C21H24N2O3. The summed E-state index contributed by atoms with van der Waals surface area (Å²) in [6.45, 7) is 3.42. The summed E-state index contributed by atoms with van der Waals surface area (Å²) in [7, 11) is 0. The highest BCUT2D eigenvalue weighted by Crippen LogP contribution is 2.38. The summed E-state index contributed by atoms with van der Waals surface area (Å²) in [5, 5.41) is 0. The molecule has 1 aromatic heterocycles. The van der Waals surface area contributed by atoms with E-state index in [2.05, 4.69) is 17.1 Å². The lowest BCUT2D eigenvalue weighted by Gasteiger charge is -2.46. The van der Waals surface area contributed by atoms with E-state index in [4.69, 9.17) is 9.47 Å². The predicted molar refractivity (Wildman–Crippen MR) is 98.0 cm³/mol. The fourth-order valence-corrected chi connectivity index (χ4v) is 3.89. The Bertz CT molecular complexity index is 723. The van der Waals surface area contributed by atoms with Gasteiger partial charge in [-0.05, 0) is 30.5 Å². The third-order valence-corrected chi connectivity index (χ3v) is 5.45. The number of carbonyl (C=O) groups is 1. The van der Waals surface area contributed by atoms with Crippen molar-refractivity contribution in [2.24, 2.45) is 5.92 Å². The minimum atomic E-state index is -0.436. The summed E-state index contributed by atoms with van der Waals surface area (Å²) >= 11 is 0. The molecule has 0 radical (unpaired) electrons. The van der Waals surface area contributed by atoms with Crippen LogP contribution >= 0.6 is 0 Å². The molecule has 5 heteroatoms. The fourth-order valence-electron chi connectivity index (χ4n) is 3.89. The van der Waals surface area contributed by atoms with Gasteiger partial charge in [-0.3, -0.25) is 9.78 Å². The molecule has 5 nitrogen and oxygen atoms in total. The summed E-state index contributed by atoms with van der Waals surface area (Å²) < 4.78 is 11.3. The number of aromatic nitrogens is 1. The maximum absolute atomic E-state index is 13.3. The number of pyridine rings is 1. The molecule has 136 valence electrons. The van der Waals surface area contributed by atoms with Crippen LogP contribution in [0.5, 0.6) is 5.75 Å². The highest BCUT2D eigenvalue weighted by atomic mass is 16.5. The molecule has 0 saturated carbocycles. The monoisotopic (exact) mass is 352 g/mol. The zero-order valence-corrected chi connectivity index (χ0v) is 14.8. The molecule has 4 rings (SSSR count). The van der Waals surface area contributed by atoms with Crippen molar-refractivity contribution in [3.8, 4) is 5.75 Å². The number of likely N-dealkylation sites (tertiary alicyclic amines) is 1. The van der Waals surface area contributed by atoms with Crippen LogP contribution in [0.1, 0.15) is 18.4 Å². The van der Waals surface area contributed by atoms with Gasteiger partial charge in [-0.2, -0.15) is 0 Å². The quantitative estimate of drug-likeness (QED) is 0.830. The van der Waals surface area contributed by atoms with Gasteiger partial charge in [0.25, 0.3) is 0 Å². The molecule has 0 atom stereocenters. The molecule has 26 heavy (non-hydrogen) atoms. The Morgan fingerprint density at radius 1 is 1.15 bits per heavy atom. The van der Waals surface area contributed by atoms with Gasteiger partial charge in [0, 0.05) is 38.4 Å². The number of carbonyl (C=O) groups excluding carboxylic acids is 1. The first-order valence-corrected chi connectivity index (χ1v) is 9.23. The number of benzene rings is 1. The average Bonchev–Trinajstić information content (AvgIpc) is 2.68. The van der Waals surface area contributed by atoms with E-state index in [1.54, 1.807) is 12.4 Å². The van der Waals surface area contributed by atoms with Crippen molar-refractivity contribution in [3.63, 3.8) is 0 Å². The Hall–Kier alpha value is -2.40. The third-order valence-electron chi connectivity index (χ3n) is 5.45. The van der Waals surface area contributed by atoms with Gasteiger partial charge in [-0.1, -0.05) is 30.3 Å². The molecule has 2 fully saturated rings. The van der Waals surface area contributed by atoms with Crippen LogP contribution < -0.4 is 4.74 Å². The van der Waals surface area contributed by atoms with Gasteiger partial charge in [-0.15, -0.1) is 0 Å². The van der Waals surface area contributed by atoms with Crippen LogP contribution in [0.2, 0.25) is 0 Å². The molecule has 0 bridgehead atoms. The second-order valence-electron chi connectivity index (χ2n) is 7.14. The van der Waals surface area contributed by atoms with Crippen LogP contribution in [0.3, 0.4) is 0 Å². The topological polar surface area (TPSA) is 51.7 Å². The summed E-state index contributed by atoms with van der Waals surface area (Å²) in [5.74, 6) is 1.40. The van der Waals surface area contributed by atoms with E-state index in [-0.39, 0.29) is 5.91 Å². The van der Waals surface area contributed by atoms with Gasteiger partial charge in [0.2, 0.25) is 5.91 Å². The molecule has 2 aliphatic heterocycles. The van der Waals surface area contributed by atoms with E-state index in [1.165, 1.54) is 0 Å². The molecular weight excluding hydrogens is 328 g/mol. The Morgan fingerprint density at radius 3 is 2.62 bits per heavy atom. The molecule has 0 unspecified atom stereocenters. The molecule has 3 heterocycles. The van der Waals surface area contributed by atoms with E-state index in [9.17, 15) is 4.79 Å². The number of nitrogens with zero attached hydrogens (tertiary/aromatic N) is 2. The largest absolute Gasteiger partial charge is 0.492 e. The molecule has 0 aliphatic carbocycles. The van der Waals surface area contributed by atoms with Crippen molar-refractivity contribution in [1.29, 1.82) is 0 Å². The van der Waals surface area contributed by atoms with Crippen molar-refractivity contribution in [3.05, 3.63) is 60.4 Å². The lowest BCUT2D eigenvalue weighted by atomic mass is 9.72. The van der Waals surface area contributed by atoms with Crippen molar-refractivity contribution in [2.75, 3.05) is 32.9 Å². The first-order valence-electron chi connectivity index (χ1n) is 9.23. The lowest BCUT2D eigenvalue weighted by Crippen LogP contribution is -2.59. The first kappa shape index (κ1) is 17.0. The van der Waals surface area contributed by atoms with Gasteiger partial charge in [0.15, 0.2) is 0 Å². The van der Waals surface area contributed by atoms with Crippen LogP contribution in [0.4, 0.5) is 0 Å². The van der Waals surface area contributed by atoms with Crippen LogP contribution in [0.25, 0.3) is 0 Å². The minimum absolute atomic E-state index is 0.240. The zero-order valence-electron chi connectivity index (χ0n) is 14.8. The second kappa shape index (κ2) is 7.46. The highest BCUT2D eigenvalue weighted by molar-refractivity contribution is 5.89. The Balaban J connectivity index is 1.39. The first-order chi connectivity index (χ1) is 12.8. The Kier molecular flexibility index (Phi) is 4.89. The molecule has 1 aromatic carbocycles. The van der Waals surface area contributed by atoms with Crippen molar-refractivity contribution >= 4 is 5.91 Å². The van der Waals surface area contributed by atoms with Crippen molar-refractivity contribution in [2.45, 2.75) is 18.3 Å². The predicted octanol–water partition coefficient (Wildman–Crippen LogP) is 2.67. The maximum Gasteiger partial charge on any atom is 0.233 e. The van der Waals surface area contributed by atoms with Gasteiger partial charge >= 0.3 is 0 Å².